The number of aliphatic hydroxyl groups is 1. The van der Waals surface area contributed by atoms with E-state index < -0.39 is 64.4 Å². The zero-order chi connectivity index (χ0) is 53.9. The number of carbonyl (C=O) groups is 4. The predicted molar refractivity (Wildman–Crippen MR) is 292 cm³/mol. The van der Waals surface area contributed by atoms with Crippen molar-refractivity contribution in [2.45, 2.75) is 42.8 Å². The lowest BCUT2D eigenvalue weighted by Crippen LogP contribution is -2.54. The molecule has 0 aliphatic carbocycles. The predicted octanol–water partition coefficient (Wildman–Crippen LogP) is 9.70. The molecule has 3 amide bonds. The third-order valence-corrected chi connectivity index (χ3v) is 15.3. The van der Waals surface area contributed by atoms with Crippen LogP contribution < -0.4 is 15.0 Å². The van der Waals surface area contributed by atoms with E-state index in [2.05, 4.69) is 22.1 Å². The van der Waals surface area contributed by atoms with E-state index >= 15 is 19.2 Å². The summed E-state index contributed by atoms with van der Waals surface area (Å²) >= 11 is 1.22. The summed E-state index contributed by atoms with van der Waals surface area (Å²) in [5.41, 5.74) is 2.14. The number of imide groups is 1. The number of ether oxygens (including phenoxy) is 3. The molecule has 2 saturated heterocycles. The molecule has 6 atom stereocenters. The highest BCUT2D eigenvalue weighted by molar-refractivity contribution is 7.22. The van der Waals surface area contributed by atoms with Gasteiger partial charge >= 0.3 is 12.1 Å². The van der Waals surface area contributed by atoms with Crippen LogP contribution in [0.15, 0.2) is 182 Å². The number of nitrogens with one attached hydrogen (secondary N) is 1. The van der Waals surface area contributed by atoms with E-state index in [9.17, 15) is 15.2 Å². The molecule has 0 saturated carbocycles. The standard InChI is InChI=1S/C61H50N6O10S/c1-64(37-40-16-5-2-6-17-40)33-15-18-39-29-32-48-46(36-39)61(58(71)65(48)60(72)76-38-41-27-30-44(31-28-41)67(73)74)51(56(69)63-59-62-47-24-12-14-26-50(47)78-59)53-57(70)77-54(43-21-9-4-10-22-43)52(42-19-7-3-8-20-42)66(53)55(61)45-23-11-13-25-49(45)75-35-34-68/h2-14,16-17,19-32,36,51-55,68H,33-35,37-38H2,1H3,(H,62,63,69)/t51-,52-,53-,54+,55+,61-/m0/s1. The van der Waals surface area contributed by atoms with Crippen molar-refractivity contribution in [3.63, 3.8) is 0 Å². The molecule has 390 valence electrons. The molecule has 3 aliphatic heterocycles. The lowest BCUT2D eigenvalue weighted by Gasteiger charge is -2.46. The van der Waals surface area contributed by atoms with E-state index in [1.165, 1.54) is 35.6 Å². The number of anilines is 2. The number of nitro groups is 1. The summed E-state index contributed by atoms with van der Waals surface area (Å²) < 4.78 is 19.7. The van der Waals surface area contributed by atoms with Crippen molar-refractivity contribution in [2.75, 3.05) is 37.0 Å². The number of esters is 1. The van der Waals surface area contributed by atoms with Crippen molar-refractivity contribution in [3.05, 3.63) is 231 Å². The lowest BCUT2D eigenvalue weighted by molar-refractivity contribution is -0.384. The smallest absolute Gasteiger partial charge is 0.421 e. The molecule has 17 heteroatoms. The van der Waals surface area contributed by atoms with Gasteiger partial charge in [0.15, 0.2) is 5.13 Å². The zero-order valence-corrected chi connectivity index (χ0v) is 42.8. The maximum absolute atomic E-state index is 16.9. The minimum Gasteiger partial charge on any atom is -0.491 e. The molecule has 0 radical (unpaired) electrons. The number of hydrogen-bond donors (Lipinski definition) is 2. The van der Waals surface area contributed by atoms with Gasteiger partial charge in [0.25, 0.3) is 5.69 Å². The third kappa shape index (κ3) is 9.51. The van der Waals surface area contributed by atoms with Gasteiger partial charge < -0.3 is 24.6 Å². The molecule has 1 spiro atoms. The molecular formula is C61H50N6O10S. The van der Waals surface area contributed by atoms with Crippen molar-refractivity contribution in [3.8, 4) is 17.6 Å². The number of aliphatic hydroxyl groups excluding tert-OH is 1. The van der Waals surface area contributed by atoms with Crippen LogP contribution in [0.2, 0.25) is 0 Å². The van der Waals surface area contributed by atoms with Crippen molar-refractivity contribution in [2.24, 2.45) is 5.92 Å². The summed E-state index contributed by atoms with van der Waals surface area (Å²) in [6.07, 6.45) is -2.11. The average Bonchev–Trinajstić information content (AvgIpc) is 2.54. The first-order valence-corrected chi connectivity index (χ1v) is 26.0. The minimum absolute atomic E-state index is 0.0704. The number of aromatic nitrogens is 1. The number of fused-ring (bicyclic) bond motifs is 4. The van der Waals surface area contributed by atoms with E-state index in [1.54, 1.807) is 42.5 Å². The van der Waals surface area contributed by atoms with Crippen LogP contribution in [0.3, 0.4) is 0 Å². The first kappa shape index (κ1) is 51.1. The summed E-state index contributed by atoms with van der Waals surface area (Å²) in [7, 11) is 1.95. The van der Waals surface area contributed by atoms with Crippen LogP contribution >= 0.6 is 11.3 Å². The Hall–Kier alpha value is -9.05. The van der Waals surface area contributed by atoms with Gasteiger partial charge in [-0.15, -0.1) is 0 Å². The lowest BCUT2D eigenvalue weighted by atomic mass is 9.65. The van der Waals surface area contributed by atoms with E-state index in [0.717, 1.165) is 15.2 Å². The van der Waals surface area contributed by atoms with Crippen molar-refractivity contribution < 1.29 is 43.4 Å². The van der Waals surface area contributed by atoms with Gasteiger partial charge in [-0.2, -0.15) is 0 Å². The van der Waals surface area contributed by atoms with Crippen molar-refractivity contribution >= 4 is 61.9 Å². The number of morpholine rings is 1. The number of nitro benzene ring substituents is 1. The SMILES string of the molecule is CN(CC#Cc1ccc2c(c1)[C@]1(C(=O)N2C(=O)OCc2ccc([N+](=O)[O-])cc2)[C@H](C(=O)Nc2nc3ccccc3s2)[C@H]2C(=O)O[C@H](c3ccccc3)[C@H](c3ccccc3)N2[C@@H]1c1ccccc1OCCO)Cc1ccccc1. The van der Waals surface area contributed by atoms with Crippen LogP contribution in [0.4, 0.5) is 21.3 Å². The fourth-order valence-electron chi connectivity index (χ4n) is 11.2. The van der Waals surface area contributed by atoms with Crippen LogP contribution in [0, 0.1) is 27.9 Å². The molecular weight excluding hydrogens is 1010 g/mol. The second-order valence-electron chi connectivity index (χ2n) is 19.2. The molecule has 7 aromatic carbocycles. The molecule has 8 aromatic rings. The van der Waals surface area contributed by atoms with Gasteiger partial charge in [0, 0.05) is 29.8 Å². The zero-order valence-electron chi connectivity index (χ0n) is 42.0. The number of carbonyl (C=O) groups excluding carboxylic acids is 4. The van der Waals surface area contributed by atoms with Crippen LogP contribution in [-0.4, -0.2) is 81.5 Å². The summed E-state index contributed by atoms with van der Waals surface area (Å²) in [6, 6.07) is 49.6. The van der Waals surface area contributed by atoms with Crippen LogP contribution in [-0.2, 0) is 42.4 Å². The maximum Gasteiger partial charge on any atom is 0.421 e. The highest BCUT2D eigenvalue weighted by Crippen LogP contribution is 2.67. The highest BCUT2D eigenvalue weighted by Gasteiger charge is 2.76. The monoisotopic (exact) mass is 1060 g/mol. The molecule has 78 heavy (non-hydrogen) atoms. The normalized spacial score (nSPS) is 20.4. The highest BCUT2D eigenvalue weighted by atomic mass is 32.1. The molecule has 4 heterocycles. The molecule has 3 aliphatic rings. The summed E-state index contributed by atoms with van der Waals surface area (Å²) in [5.74, 6) is 2.67. The Labute approximate surface area is 452 Å². The van der Waals surface area contributed by atoms with Gasteiger partial charge in [0.05, 0.1) is 52.0 Å². The van der Waals surface area contributed by atoms with Crippen LogP contribution in [0.25, 0.3) is 10.2 Å². The Morgan fingerprint density at radius 3 is 2.23 bits per heavy atom. The molecule has 2 N–H and O–H groups in total. The molecule has 0 unspecified atom stereocenters. The quantitative estimate of drug-likeness (QED) is 0.0453. The summed E-state index contributed by atoms with van der Waals surface area (Å²) in [5, 5.41) is 25.0. The van der Waals surface area contributed by atoms with Gasteiger partial charge in [0.2, 0.25) is 11.8 Å². The topological polar surface area (TPSA) is 194 Å². The number of para-hydroxylation sites is 2. The number of nitrogens with zero attached hydrogens (tertiary/aromatic N) is 5. The Balaban J connectivity index is 1.15. The number of rotatable bonds is 14. The Kier molecular flexibility index (Phi) is 14.3. The van der Waals surface area contributed by atoms with Crippen LogP contribution in [0.1, 0.15) is 57.1 Å². The second-order valence-corrected chi connectivity index (χ2v) is 20.2. The van der Waals surface area contributed by atoms with Gasteiger partial charge in [-0.1, -0.05) is 145 Å². The number of hydrogen-bond acceptors (Lipinski definition) is 14. The Morgan fingerprint density at radius 1 is 0.833 bits per heavy atom. The third-order valence-electron chi connectivity index (χ3n) is 14.4. The van der Waals surface area contributed by atoms with Gasteiger partial charge in [-0.25, -0.2) is 14.7 Å². The number of cyclic esters (lactones) is 1. The van der Waals surface area contributed by atoms with E-state index in [-0.39, 0.29) is 47.6 Å². The van der Waals surface area contributed by atoms with E-state index in [0.29, 0.717) is 46.4 Å². The number of benzene rings is 7. The van der Waals surface area contributed by atoms with Crippen LogP contribution in [0.5, 0.6) is 5.75 Å². The van der Waals surface area contributed by atoms with E-state index in [4.69, 9.17) is 19.2 Å². The summed E-state index contributed by atoms with van der Waals surface area (Å²) in [6.45, 7) is 0.0740. The molecule has 11 rings (SSSR count). The average molecular weight is 1060 g/mol. The first-order valence-electron chi connectivity index (χ1n) is 25.2. The minimum atomic E-state index is -2.22. The van der Waals surface area contributed by atoms with Gasteiger partial charge in [-0.3, -0.25) is 34.3 Å². The largest absolute Gasteiger partial charge is 0.491 e. The van der Waals surface area contributed by atoms with Crippen molar-refractivity contribution in [1.82, 2.24) is 14.8 Å². The Bertz CT molecular complexity index is 3600. The fourth-order valence-corrected chi connectivity index (χ4v) is 12.1. The second kappa shape index (κ2) is 21.9. The number of thiazole rings is 1. The first-order chi connectivity index (χ1) is 38.0. The van der Waals surface area contributed by atoms with Crippen molar-refractivity contribution in [1.29, 1.82) is 0 Å². The summed E-state index contributed by atoms with van der Waals surface area (Å²) in [4.78, 5) is 84.4. The number of non-ortho nitro benzene ring substituents is 1. The van der Waals surface area contributed by atoms with Gasteiger partial charge in [-0.05, 0) is 83.4 Å². The van der Waals surface area contributed by atoms with E-state index in [1.807, 2.05) is 127 Å². The van der Waals surface area contributed by atoms with Gasteiger partial charge in [0.1, 0.15) is 36.5 Å². The maximum atomic E-state index is 16.9. The molecule has 16 nitrogen and oxygen atoms in total. The Morgan fingerprint density at radius 2 is 1.51 bits per heavy atom. The molecule has 2 fully saturated rings. The molecule has 0 bridgehead atoms. The fraction of sp³-hybridized carbons (Fsp3) is 0.197. The number of amides is 3. The molecule has 1 aromatic heterocycles.